The minimum Gasteiger partial charge on any atom is -0.493 e. The second-order valence-corrected chi connectivity index (χ2v) is 10.2. The molecule has 0 spiro atoms. The molecule has 1 fully saturated rings. The fourth-order valence-electron chi connectivity index (χ4n) is 3.25. The Balaban J connectivity index is 1.63. The molecule has 0 aliphatic carbocycles. The Morgan fingerprint density at radius 3 is 2.31 bits per heavy atom. The number of piperazine rings is 1. The summed E-state index contributed by atoms with van der Waals surface area (Å²) in [6.45, 7) is 5.78. The van der Waals surface area contributed by atoms with E-state index in [9.17, 15) is 13.2 Å². The predicted molar refractivity (Wildman–Crippen MR) is 122 cm³/mol. The summed E-state index contributed by atoms with van der Waals surface area (Å²) in [5, 5.41) is 9.12. The summed E-state index contributed by atoms with van der Waals surface area (Å²) in [6, 6.07) is 11.6. The molecule has 1 heterocycles. The van der Waals surface area contributed by atoms with Crippen LogP contribution in [0.5, 0.6) is 11.5 Å². The Morgan fingerprint density at radius 1 is 1.06 bits per heavy atom. The van der Waals surface area contributed by atoms with Crippen LogP contribution in [-0.2, 0) is 14.8 Å². The zero-order valence-electron chi connectivity index (χ0n) is 18.0. The summed E-state index contributed by atoms with van der Waals surface area (Å²) in [4.78, 5) is 13.0. The van der Waals surface area contributed by atoms with E-state index in [-0.39, 0.29) is 10.6 Å². The van der Waals surface area contributed by atoms with Crippen molar-refractivity contribution in [1.82, 2.24) is 4.31 Å². The first-order valence-electron chi connectivity index (χ1n) is 10.3. The lowest BCUT2D eigenvalue weighted by Gasteiger charge is -2.35. The number of ether oxygens (including phenoxy) is 2. The van der Waals surface area contributed by atoms with Gasteiger partial charge in [-0.2, -0.15) is 4.31 Å². The first-order chi connectivity index (χ1) is 15.2. The van der Waals surface area contributed by atoms with Crippen molar-refractivity contribution in [2.24, 2.45) is 5.92 Å². The molecular formula is C22H27ClN2O6S. The number of carboxylic acid groups (broad SMARTS) is 1. The van der Waals surface area contributed by atoms with Crippen molar-refractivity contribution in [2.45, 2.75) is 18.7 Å². The average molecular weight is 483 g/mol. The van der Waals surface area contributed by atoms with E-state index in [1.807, 2.05) is 18.7 Å². The van der Waals surface area contributed by atoms with Gasteiger partial charge < -0.3 is 19.5 Å². The molecule has 174 valence electrons. The minimum absolute atomic E-state index is 0.235. The molecule has 0 amide bonds. The van der Waals surface area contributed by atoms with Gasteiger partial charge in [0.2, 0.25) is 10.0 Å². The number of rotatable bonds is 9. The molecule has 1 aliphatic heterocycles. The highest BCUT2D eigenvalue weighted by molar-refractivity contribution is 7.89. The van der Waals surface area contributed by atoms with Crippen LogP contribution in [0.15, 0.2) is 47.4 Å². The smallest absolute Gasteiger partial charge is 0.341 e. The summed E-state index contributed by atoms with van der Waals surface area (Å²) in [6.07, 6.45) is 0. The number of carbonyl (C=O) groups is 1. The highest BCUT2D eigenvalue weighted by atomic mass is 35.5. The molecule has 8 nitrogen and oxygen atoms in total. The zero-order valence-corrected chi connectivity index (χ0v) is 19.6. The number of nitrogens with zero attached hydrogens (tertiary/aromatic N) is 2. The lowest BCUT2D eigenvalue weighted by molar-refractivity contribution is -0.139. The molecule has 1 saturated heterocycles. The molecule has 2 aromatic rings. The maximum Gasteiger partial charge on any atom is 0.341 e. The van der Waals surface area contributed by atoms with Gasteiger partial charge in [-0.1, -0.05) is 25.4 Å². The number of sulfonamides is 1. The molecule has 0 unspecified atom stereocenters. The van der Waals surface area contributed by atoms with Crippen LogP contribution >= 0.6 is 11.6 Å². The van der Waals surface area contributed by atoms with E-state index >= 15 is 0 Å². The van der Waals surface area contributed by atoms with E-state index in [0.717, 1.165) is 5.69 Å². The first kappa shape index (κ1) is 24.2. The Kier molecular flexibility index (Phi) is 7.86. The second kappa shape index (κ2) is 10.4. The number of hydrogen-bond donors (Lipinski definition) is 1. The monoisotopic (exact) mass is 482 g/mol. The van der Waals surface area contributed by atoms with Gasteiger partial charge in [0.15, 0.2) is 6.61 Å². The molecule has 2 aromatic carbocycles. The molecular weight excluding hydrogens is 456 g/mol. The van der Waals surface area contributed by atoms with E-state index in [4.69, 9.17) is 26.2 Å². The number of hydrogen-bond acceptors (Lipinski definition) is 6. The van der Waals surface area contributed by atoms with Crippen molar-refractivity contribution in [2.75, 3.05) is 44.3 Å². The maximum atomic E-state index is 13.0. The molecule has 0 atom stereocenters. The van der Waals surface area contributed by atoms with Crippen LogP contribution in [0.25, 0.3) is 0 Å². The standard InChI is InChI=1S/C22H27ClN2O6S/c1-16(2)14-30-18-4-6-19(7-5-18)32(28,29)25-11-9-24(10-12-25)17-3-8-20(23)21(13-17)31-15-22(26)27/h3-8,13,16H,9-12,14-15H2,1-2H3,(H,26,27). The van der Waals surface area contributed by atoms with Gasteiger partial charge >= 0.3 is 5.97 Å². The Labute approximate surface area is 193 Å². The Hall–Kier alpha value is -2.49. The molecule has 0 saturated carbocycles. The number of benzene rings is 2. The van der Waals surface area contributed by atoms with Crippen LogP contribution in [0.2, 0.25) is 5.02 Å². The fourth-order valence-corrected chi connectivity index (χ4v) is 4.84. The second-order valence-electron chi connectivity index (χ2n) is 7.86. The molecule has 0 aromatic heterocycles. The van der Waals surface area contributed by atoms with Crippen molar-refractivity contribution in [3.8, 4) is 11.5 Å². The molecule has 1 N–H and O–H groups in total. The van der Waals surface area contributed by atoms with Crippen LogP contribution in [0.1, 0.15) is 13.8 Å². The summed E-state index contributed by atoms with van der Waals surface area (Å²) in [7, 11) is -3.61. The quantitative estimate of drug-likeness (QED) is 0.585. The Bertz CT molecular complexity index is 1030. The van der Waals surface area contributed by atoms with Crippen molar-refractivity contribution >= 4 is 33.3 Å². The van der Waals surface area contributed by atoms with Crippen LogP contribution in [0, 0.1) is 5.92 Å². The largest absolute Gasteiger partial charge is 0.493 e. The van der Waals surface area contributed by atoms with Crippen LogP contribution < -0.4 is 14.4 Å². The fraction of sp³-hybridized carbons (Fsp3) is 0.409. The summed E-state index contributed by atoms with van der Waals surface area (Å²) in [5.74, 6) is 0.215. The number of halogens is 1. The van der Waals surface area contributed by atoms with Crippen molar-refractivity contribution < 1.29 is 27.8 Å². The van der Waals surface area contributed by atoms with Gasteiger partial charge in [-0.25, -0.2) is 13.2 Å². The van der Waals surface area contributed by atoms with Crippen molar-refractivity contribution in [1.29, 1.82) is 0 Å². The number of anilines is 1. The van der Waals surface area contributed by atoms with E-state index in [2.05, 4.69) is 0 Å². The highest BCUT2D eigenvalue weighted by Crippen LogP contribution is 2.31. The lowest BCUT2D eigenvalue weighted by atomic mass is 10.2. The molecule has 32 heavy (non-hydrogen) atoms. The maximum absolute atomic E-state index is 13.0. The van der Waals surface area contributed by atoms with Gasteiger partial charge in [-0.15, -0.1) is 0 Å². The lowest BCUT2D eigenvalue weighted by Crippen LogP contribution is -2.48. The van der Waals surface area contributed by atoms with Crippen LogP contribution in [0.4, 0.5) is 5.69 Å². The highest BCUT2D eigenvalue weighted by Gasteiger charge is 2.29. The molecule has 10 heteroatoms. The van der Waals surface area contributed by atoms with Gasteiger partial charge in [0, 0.05) is 37.9 Å². The zero-order chi connectivity index (χ0) is 23.3. The number of carboxylic acids is 1. The normalized spacial score (nSPS) is 15.1. The summed E-state index contributed by atoms with van der Waals surface area (Å²) >= 11 is 6.08. The number of aliphatic carboxylic acids is 1. The molecule has 3 rings (SSSR count). The van der Waals surface area contributed by atoms with Gasteiger partial charge in [0.05, 0.1) is 16.5 Å². The van der Waals surface area contributed by atoms with E-state index in [1.165, 1.54) is 4.31 Å². The van der Waals surface area contributed by atoms with Gasteiger partial charge in [-0.3, -0.25) is 0 Å². The summed E-state index contributed by atoms with van der Waals surface area (Å²) in [5.41, 5.74) is 0.790. The molecule has 0 bridgehead atoms. The van der Waals surface area contributed by atoms with Gasteiger partial charge in [-0.05, 0) is 42.3 Å². The molecule has 0 radical (unpaired) electrons. The SMILES string of the molecule is CC(C)COc1ccc(S(=O)(=O)N2CCN(c3ccc(Cl)c(OCC(=O)O)c3)CC2)cc1. The third kappa shape index (κ3) is 6.05. The molecule has 1 aliphatic rings. The van der Waals surface area contributed by atoms with E-state index in [0.29, 0.717) is 49.5 Å². The van der Waals surface area contributed by atoms with Gasteiger partial charge in [0.1, 0.15) is 11.5 Å². The van der Waals surface area contributed by atoms with E-state index in [1.54, 1.807) is 42.5 Å². The Morgan fingerprint density at radius 2 is 1.72 bits per heavy atom. The summed E-state index contributed by atoms with van der Waals surface area (Å²) < 4.78 is 38.4. The first-order valence-corrected chi connectivity index (χ1v) is 12.1. The van der Waals surface area contributed by atoms with Crippen LogP contribution in [-0.4, -0.2) is 63.2 Å². The van der Waals surface area contributed by atoms with Crippen molar-refractivity contribution in [3.05, 3.63) is 47.5 Å². The van der Waals surface area contributed by atoms with Crippen molar-refractivity contribution in [3.63, 3.8) is 0 Å². The average Bonchev–Trinajstić information content (AvgIpc) is 2.77. The minimum atomic E-state index is -3.61. The van der Waals surface area contributed by atoms with E-state index < -0.39 is 22.6 Å². The third-order valence-corrected chi connectivity index (χ3v) is 7.14. The predicted octanol–water partition coefficient (Wildman–Crippen LogP) is 3.35. The van der Waals surface area contributed by atoms with Gasteiger partial charge in [0.25, 0.3) is 0 Å². The third-order valence-electron chi connectivity index (χ3n) is 4.91. The van der Waals surface area contributed by atoms with Crippen LogP contribution in [0.3, 0.4) is 0 Å². The topological polar surface area (TPSA) is 96.4 Å².